The fourth-order valence-electron chi connectivity index (χ4n) is 4.26. The second-order valence-electron chi connectivity index (χ2n) is 8.50. The van der Waals surface area contributed by atoms with Crippen molar-refractivity contribution in [3.05, 3.63) is 65.3 Å². The lowest BCUT2D eigenvalue weighted by Crippen LogP contribution is -2.18. The van der Waals surface area contributed by atoms with Crippen LogP contribution in [0.1, 0.15) is 40.7 Å². The SMILES string of the molecule is CNc1cc2ncc(-c3cc(NC(=O)c4noc5c4C[C@H](C)CC5)ccc3C)cc2cn1. The zero-order valence-corrected chi connectivity index (χ0v) is 18.4. The van der Waals surface area contributed by atoms with E-state index in [1.165, 1.54) is 0 Å². The molecule has 3 aromatic heterocycles. The van der Waals surface area contributed by atoms with Gasteiger partial charge in [0.25, 0.3) is 5.91 Å². The Bertz CT molecular complexity index is 1330. The van der Waals surface area contributed by atoms with Crippen molar-refractivity contribution in [3.8, 4) is 11.1 Å². The summed E-state index contributed by atoms with van der Waals surface area (Å²) in [5.41, 5.74) is 5.99. The van der Waals surface area contributed by atoms with Gasteiger partial charge in [-0.3, -0.25) is 9.78 Å². The maximum atomic E-state index is 13.0. The van der Waals surface area contributed by atoms with Gasteiger partial charge in [-0.25, -0.2) is 4.98 Å². The molecule has 0 unspecified atom stereocenters. The smallest absolute Gasteiger partial charge is 0.278 e. The molecular formula is C25H25N5O2. The summed E-state index contributed by atoms with van der Waals surface area (Å²) < 4.78 is 5.43. The molecule has 0 saturated carbocycles. The minimum Gasteiger partial charge on any atom is -0.373 e. The van der Waals surface area contributed by atoms with Crippen molar-refractivity contribution in [1.82, 2.24) is 15.1 Å². The summed E-state index contributed by atoms with van der Waals surface area (Å²) in [4.78, 5) is 22.0. The number of aromatic nitrogens is 3. The van der Waals surface area contributed by atoms with Crippen molar-refractivity contribution < 1.29 is 9.32 Å². The summed E-state index contributed by atoms with van der Waals surface area (Å²) in [6.07, 6.45) is 6.40. The van der Waals surface area contributed by atoms with Crippen LogP contribution in [-0.4, -0.2) is 28.1 Å². The summed E-state index contributed by atoms with van der Waals surface area (Å²) in [5.74, 6) is 1.91. The van der Waals surface area contributed by atoms with Gasteiger partial charge in [-0.2, -0.15) is 0 Å². The Morgan fingerprint density at radius 3 is 2.88 bits per heavy atom. The van der Waals surface area contributed by atoms with E-state index < -0.39 is 0 Å². The quantitative estimate of drug-likeness (QED) is 0.475. The second-order valence-corrected chi connectivity index (χ2v) is 8.50. The second kappa shape index (κ2) is 8.07. The number of carbonyl (C=O) groups is 1. The Labute approximate surface area is 186 Å². The number of nitrogens with zero attached hydrogens (tertiary/aromatic N) is 3. The van der Waals surface area contributed by atoms with E-state index in [0.29, 0.717) is 17.3 Å². The molecular weight excluding hydrogens is 402 g/mol. The Morgan fingerprint density at radius 1 is 1.16 bits per heavy atom. The molecule has 0 saturated heterocycles. The van der Waals surface area contributed by atoms with Crippen LogP contribution >= 0.6 is 0 Å². The third-order valence-corrected chi connectivity index (χ3v) is 6.13. The molecule has 5 rings (SSSR count). The van der Waals surface area contributed by atoms with Crippen LogP contribution in [0.15, 0.2) is 47.2 Å². The third-order valence-electron chi connectivity index (χ3n) is 6.13. The lowest BCUT2D eigenvalue weighted by molar-refractivity contribution is 0.101. The monoisotopic (exact) mass is 427 g/mol. The molecule has 0 bridgehead atoms. The molecule has 162 valence electrons. The highest BCUT2D eigenvalue weighted by Crippen LogP contribution is 2.31. The van der Waals surface area contributed by atoms with Crippen LogP contribution < -0.4 is 10.6 Å². The van der Waals surface area contributed by atoms with Crippen LogP contribution in [0.25, 0.3) is 22.0 Å². The average Bonchev–Trinajstić information content (AvgIpc) is 3.22. The number of hydrogen-bond donors (Lipinski definition) is 2. The number of amides is 1. The van der Waals surface area contributed by atoms with Gasteiger partial charge in [-0.05, 0) is 55.0 Å². The molecule has 0 spiro atoms. The molecule has 1 aromatic carbocycles. The first kappa shape index (κ1) is 20.2. The van der Waals surface area contributed by atoms with Crippen LogP contribution in [0, 0.1) is 12.8 Å². The minimum absolute atomic E-state index is 0.237. The van der Waals surface area contributed by atoms with Crippen molar-refractivity contribution >= 4 is 28.3 Å². The maximum Gasteiger partial charge on any atom is 0.278 e. The number of rotatable bonds is 4. The summed E-state index contributed by atoms with van der Waals surface area (Å²) in [5, 5.41) is 11.0. The van der Waals surface area contributed by atoms with E-state index >= 15 is 0 Å². The Balaban J connectivity index is 1.44. The first-order chi connectivity index (χ1) is 15.5. The molecule has 7 heteroatoms. The highest BCUT2D eigenvalue weighted by atomic mass is 16.5. The van der Waals surface area contributed by atoms with E-state index in [1.807, 2.05) is 50.6 Å². The molecule has 1 aliphatic rings. The molecule has 1 amide bonds. The lowest BCUT2D eigenvalue weighted by Gasteiger charge is -2.16. The highest BCUT2D eigenvalue weighted by Gasteiger charge is 2.27. The number of nitrogens with one attached hydrogen (secondary N) is 2. The largest absolute Gasteiger partial charge is 0.373 e. The van der Waals surface area contributed by atoms with E-state index in [-0.39, 0.29) is 5.91 Å². The number of hydrogen-bond acceptors (Lipinski definition) is 6. The Hall–Kier alpha value is -3.74. The lowest BCUT2D eigenvalue weighted by atomic mass is 9.88. The molecule has 3 heterocycles. The van der Waals surface area contributed by atoms with Gasteiger partial charge in [0.1, 0.15) is 11.6 Å². The molecule has 32 heavy (non-hydrogen) atoms. The summed E-state index contributed by atoms with van der Waals surface area (Å²) in [6, 6.07) is 9.86. The maximum absolute atomic E-state index is 13.0. The number of pyridine rings is 2. The fraction of sp³-hybridized carbons (Fsp3) is 0.280. The van der Waals surface area contributed by atoms with Gasteiger partial charge in [-0.15, -0.1) is 0 Å². The summed E-state index contributed by atoms with van der Waals surface area (Å²) in [7, 11) is 1.83. The van der Waals surface area contributed by atoms with Crippen LogP contribution in [0.4, 0.5) is 11.5 Å². The highest BCUT2D eigenvalue weighted by molar-refractivity contribution is 6.04. The molecule has 4 aromatic rings. The standard InChI is InChI=1S/C25H25N5O2/c1-14-4-7-22-20(8-14)24(30-32-22)25(31)29-18-6-5-15(2)19(10-18)16-9-17-13-28-23(26-3)11-21(17)27-12-16/h5-6,9-14H,4,7-8H2,1-3H3,(H,26,28)(H,29,31)/t14-/m1/s1. The Kier molecular flexibility index (Phi) is 5.09. The van der Waals surface area contributed by atoms with Crippen molar-refractivity contribution in [2.75, 3.05) is 17.7 Å². The summed E-state index contributed by atoms with van der Waals surface area (Å²) >= 11 is 0. The van der Waals surface area contributed by atoms with E-state index in [1.54, 1.807) is 0 Å². The fourth-order valence-corrected chi connectivity index (χ4v) is 4.26. The van der Waals surface area contributed by atoms with Crippen molar-refractivity contribution in [3.63, 3.8) is 0 Å². The number of benzene rings is 1. The minimum atomic E-state index is -0.237. The van der Waals surface area contributed by atoms with Gasteiger partial charge in [0.2, 0.25) is 0 Å². The van der Waals surface area contributed by atoms with Gasteiger partial charge in [-0.1, -0.05) is 18.1 Å². The van der Waals surface area contributed by atoms with Crippen LogP contribution in [0.2, 0.25) is 0 Å². The van der Waals surface area contributed by atoms with Gasteiger partial charge < -0.3 is 15.2 Å². The third kappa shape index (κ3) is 3.70. The van der Waals surface area contributed by atoms with Gasteiger partial charge in [0.05, 0.1) is 5.52 Å². The molecule has 1 atom stereocenters. The van der Waals surface area contributed by atoms with Gasteiger partial charge in [0.15, 0.2) is 5.69 Å². The van der Waals surface area contributed by atoms with Crippen molar-refractivity contribution in [2.24, 2.45) is 5.92 Å². The first-order valence-electron chi connectivity index (χ1n) is 10.8. The predicted molar refractivity (Wildman–Crippen MR) is 125 cm³/mol. The number of anilines is 2. The van der Waals surface area contributed by atoms with E-state index in [0.717, 1.165) is 64.0 Å². The van der Waals surface area contributed by atoms with Crippen LogP contribution in [0.5, 0.6) is 0 Å². The molecule has 2 N–H and O–H groups in total. The molecule has 0 radical (unpaired) electrons. The predicted octanol–water partition coefficient (Wildman–Crippen LogP) is 5.01. The number of carbonyl (C=O) groups excluding carboxylic acids is 1. The first-order valence-corrected chi connectivity index (χ1v) is 10.8. The van der Waals surface area contributed by atoms with Crippen LogP contribution in [-0.2, 0) is 12.8 Å². The molecule has 0 aliphatic heterocycles. The van der Waals surface area contributed by atoms with Crippen LogP contribution in [0.3, 0.4) is 0 Å². The zero-order valence-electron chi connectivity index (χ0n) is 18.4. The number of aryl methyl sites for hydroxylation is 2. The van der Waals surface area contributed by atoms with Crippen molar-refractivity contribution in [2.45, 2.75) is 33.1 Å². The summed E-state index contributed by atoms with van der Waals surface area (Å²) in [6.45, 7) is 4.24. The number of fused-ring (bicyclic) bond motifs is 2. The van der Waals surface area contributed by atoms with E-state index in [9.17, 15) is 4.79 Å². The Morgan fingerprint density at radius 2 is 2.03 bits per heavy atom. The van der Waals surface area contributed by atoms with Gasteiger partial charge in [0, 0.05) is 54.1 Å². The van der Waals surface area contributed by atoms with E-state index in [2.05, 4.69) is 38.7 Å². The normalized spacial score (nSPS) is 15.4. The average molecular weight is 428 g/mol. The topological polar surface area (TPSA) is 92.9 Å². The van der Waals surface area contributed by atoms with Gasteiger partial charge >= 0.3 is 0 Å². The molecule has 7 nitrogen and oxygen atoms in total. The zero-order chi connectivity index (χ0) is 22.2. The molecule has 0 fully saturated rings. The molecule has 1 aliphatic carbocycles. The van der Waals surface area contributed by atoms with Crippen molar-refractivity contribution in [1.29, 1.82) is 0 Å². The van der Waals surface area contributed by atoms with E-state index in [4.69, 9.17) is 4.52 Å².